The third-order valence-corrected chi connectivity index (χ3v) is 4.10. The average Bonchev–Trinajstić information content (AvgIpc) is 2.36. The lowest BCUT2D eigenvalue weighted by Gasteiger charge is -2.30. The van der Waals surface area contributed by atoms with Crippen LogP contribution in [0, 0.1) is 11.3 Å². The van der Waals surface area contributed by atoms with E-state index in [1.54, 1.807) is 0 Å². The second kappa shape index (κ2) is 6.39. The maximum Gasteiger partial charge on any atom is 0.237 e. The summed E-state index contributed by atoms with van der Waals surface area (Å²) in [4.78, 5) is 12.0. The summed E-state index contributed by atoms with van der Waals surface area (Å²) in [6.07, 6.45) is 4.48. The summed E-state index contributed by atoms with van der Waals surface area (Å²) in [5.41, 5.74) is 0.203. The molecule has 0 aromatic heterocycles. The number of carbonyl (C=O) groups is 1. The van der Waals surface area contributed by atoms with Gasteiger partial charge in [0.2, 0.25) is 5.91 Å². The first-order chi connectivity index (χ1) is 7.98. The molecule has 1 heterocycles. The molecule has 17 heavy (non-hydrogen) atoms. The van der Waals surface area contributed by atoms with Gasteiger partial charge in [0.1, 0.15) is 0 Å². The van der Waals surface area contributed by atoms with Crippen molar-refractivity contribution in [2.24, 2.45) is 11.3 Å². The highest BCUT2D eigenvalue weighted by Crippen LogP contribution is 2.20. The molecule has 1 saturated heterocycles. The van der Waals surface area contributed by atoms with Gasteiger partial charge in [0, 0.05) is 6.54 Å². The Bertz CT molecular complexity index is 251. The minimum absolute atomic E-state index is 0.0290. The minimum atomic E-state index is 0.0290. The van der Waals surface area contributed by atoms with Gasteiger partial charge >= 0.3 is 0 Å². The number of rotatable bonds is 5. The van der Waals surface area contributed by atoms with Gasteiger partial charge in [0.05, 0.1) is 6.04 Å². The van der Waals surface area contributed by atoms with Crippen LogP contribution in [-0.4, -0.2) is 25.0 Å². The first-order valence-corrected chi connectivity index (χ1v) is 6.99. The summed E-state index contributed by atoms with van der Waals surface area (Å²) in [7, 11) is 0. The predicted molar refractivity (Wildman–Crippen MR) is 71.9 cm³/mol. The zero-order chi connectivity index (χ0) is 12.9. The van der Waals surface area contributed by atoms with Gasteiger partial charge in [-0.2, -0.15) is 0 Å². The van der Waals surface area contributed by atoms with E-state index in [1.165, 1.54) is 12.8 Å². The molecule has 0 aromatic carbocycles. The average molecular weight is 240 g/mol. The molecule has 2 unspecified atom stereocenters. The summed E-state index contributed by atoms with van der Waals surface area (Å²) in [6.45, 7) is 10.5. The zero-order valence-corrected chi connectivity index (χ0v) is 11.8. The van der Waals surface area contributed by atoms with Crippen molar-refractivity contribution in [1.82, 2.24) is 10.6 Å². The molecule has 2 atom stereocenters. The Hall–Kier alpha value is -0.570. The van der Waals surface area contributed by atoms with Crippen LogP contribution in [0.2, 0.25) is 0 Å². The van der Waals surface area contributed by atoms with Gasteiger partial charge in [-0.25, -0.2) is 0 Å². The number of amides is 1. The molecule has 100 valence electrons. The lowest BCUT2D eigenvalue weighted by Crippen LogP contribution is -2.50. The van der Waals surface area contributed by atoms with Crippen LogP contribution in [0.1, 0.15) is 53.4 Å². The summed E-state index contributed by atoms with van der Waals surface area (Å²) in [6, 6.07) is 0.0290. The molecule has 0 aliphatic carbocycles. The van der Waals surface area contributed by atoms with Crippen molar-refractivity contribution in [2.45, 2.75) is 59.4 Å². The van der Waals surface area contributed by atoms with E-state index in [0.717, 1.165) is 25.9 Å². The second-order valence-electron chi connectivity index (χ2n) is 6.04. The van der Waals surface area contributed by atoms with Crippen molar-refractivity contribution in [3.05, 3.63) is 0 Å². The topological polar surface area (TPSA) is 41.1 Å². The molecule has 1 aliphatic heterocycles. The minimum Gasteiger partial charge on any atom is -0.354 e. The van der Waals surface area contributed by atoms with Crippen LogP contribution in [0.15, 0.2) is 0 Å². The molecule has 1 amide bonds. The Morgan fingerprint density at radius 2 is 2.12 bits per heavy atom. The number of nitrogens with one attached hydrogen (secondary N) is 2. The van der Waals surface area contributed by atoms with Crippen LogP contribution in [-0.2, 0) is 4.79 Å². The van der Waals surface area contributed by atoms with Crippen LogP contribution in [0.4, 0.5) is 0 Å². The van der Waals surface area contributed by atoms with Crippen LogP contribution >= 0.6 is 0 Å². The molecule has 0 aromatic rings. The van der Waals surface area contributed by atoms with Gasteiger partial charge in [0.15, 0.2) is 0 Å². The number of carbonyl (C=O) groups excluding carboxylic acids is 1. The largest absolute Gasteiger partial charge is 0.354 e. The maximum absolute atomic E-state index is 12.0. The van der Waals surface area contributed by atoms with Gasteiger partial charge < -0.3 is 10.6 Å². The third-order valence-electron chi connectivity index (χ3n) is 4.10. The van der Waals surface area contributed by atoms with E-state index in [4.69, 9.17) is 0 Å². The van der Waals surface area contributed by atoms with Crippen molar-refractivity contribution < 1.29 is 4.79 Å². The highest BCUT2D eigenvalue weighted by Gasteiger charge is 2.26. The summed E-state index contributed by atoms with van der Waals surface area (Å²) < 4.78 is 0. The monoisotopic (exact) mass is 240 g/mol. The first-order valence-electron chi connectivity index (χ1n) is 6.99. The highest BCUT2D eigenvalue weighted by molar-refractivity contribution is 5.81. The Morgan fingerprint density at radius 3 is 2.71 bits per heavy atom. The fourth-order valence-corrected chi connectivity index (χ4v) is 2.14. The molecule has 1 rings (SSSR count). The molecule has 0 spiro atoms. The molecule has 1 fully saturated rings. The van der Waals surface area contributed by atoms with E-state index >= 15 is 0 Å². The third kappa shape index (κ3) is 4.66. The van der Waals surface area contributed by atoms with Crippen LogP contribution in [0.3, 0.4) is 0 Å². The van der Waals surface area contributed by atoms with Crippen molar-refractivity contribution in [3.63, 3.8) is 0 Å². The van der Waals surface area contributed by atoms with Gasteiger partial charge in [-0.15, -0.1) is 0 Å². The predicted octanol–water partition coefficient (Wildman–Crippen LogP) is 2.32. The molecule has 1 aliphatic rings. The first kappa shape index (κ1) is 14.5. The van der Waals surface area contributed by atoms with Gasteiger partial charge in [-0.1, -0.05) is 34.1 Å². The van der Waals surface area contributed by atoms with E-state index in [-0.39, 0.29) is 17.4 Å². The smallest absolute Gasteiger partial charge is 0.237 e. The highest BCUT2D eigenvalue weighted by atomic mass is 16.2. The van der Waals surface area contributed by atoms with Gasteiger partial charge in [0.25, 0.3) is 0 Å². The summed E-state index contributed by atoms with van der Waals surface area (Å²) in [5, 5.41) is 6.41. The quantitative estimate of drug-likeness (QED) is 0.774. The lowest BCUT2D eigenvalue weighted by molar-refractivity contribution is -0.124. The standard InChI is InChI=1S/C14H28N2O/c1-5-11-7-8-15-12(9-11)13(17)16-10-14(3,4)6-2/h11-12,15H,5-10H2,1-4H3,(H,16,17). The van der Waals surface area contributed by atoms with Crippen molar-refractivity contribution in [2.75, 3.05) is 13.1 Å². The van der Waals surface area contributed by atoms with Crippen molar-refractivity contribution in [3.8, 4) is 0 Å². The molecule has 0 radical (unpaired) electrons. The molecular formula is C14H28N2O. The maximum atomic E-state index is 12.0. The van der Waals surface area contributed by atoms with E-state index in [9.17, 15) is 4.79 Å². The van der Waals surface area contributed by atoms with Crippen LogP contribution in [0.5, 0.6) is 0 Å². The normalized spacial score (nSPS) is 25.6. The molecule has 3 heteroatoms. The fraction of sp³-hybridized carbons (Fsp3) is 0.929. The number of hydrogen-bond donors (Lipinski definition) is 2. The second-order valence-corrected chi connectivity index (χ2v) is 6.04. The van der Waals surface area contributed by atoms with E-state index in [2.05, 4.69) is 38.3 Å². The van der Waals surface area contributed by atoms with Crippen LogP contribution < -0.4 is 10.6 Å². The Morgan fingerprint density at radius 1 is 1.41 bits per heavy atom. The fourth-order valence-electron chi connectivity index (χ4n) is 2.14. The SMILES string of the molecule is CCC1CCNC(C(=O)NCC(C)(C)CC)C1. The molecule has 0 bridgehead atoms. The van der Waals surface area contributed by atoms with E-state index < -0.39 is 0 Å². The molecular weight excluding hydrogens is 212 g/mol. The van der Waals surface area contributed by atoms with Crippen LogP contribution in [0.25, 0.3) is 0 Å². The van der Waals surface area contributed by atoms with Gasteiger partial charge in [-0.3, -0.25) is 4.79 Å². The van der Waals surface area contributed by atoms with Crippen molar-refractivity contribution in [1.29, 1.82) is 0 Å². The Balaban J connectivity index is 2.37. The molecule has 0 saturated carbocycles. The number of piperidine rings is 1. The molecule has 2 N–H and O–H groups in total. The Kier molecular flexibility index (Phi) is 5.44. The summed E-state index contributed by atoms with van der Waals surface area (Å²) >= 11 is 0. The lowest BCUT2D eigenvalue weighted by atomic mass is 9.88. The zero-order valence-electron chi connectivity index (χ0n) is 11.8. The Labute approximate surface area is 106 Å². The number of hydrogen-bond acceptors (Lipinski definition) is 2. The van der Waals surface area contributed by atoms with E-state index in [0.29, 0.717) is 5.92 Å². The van der Waals surface area contributed by atoms with Gasteiger partial charge in [-0.05, 0) is 37.1 Å². The van der Waals surface area contributed by atoms with E-state index in [1.807, 2.05) is 0 Å². The molecule has 3 nitrogen and oxygen atoms in total. The van der Waals surface area contributed by atoms with Crippen molar-refractivity contribution >= 4 is 5.91 Å². The summed E-state index contributed by atoms with van der Waals surface area (Å²) in [5.74, 6) is 0.899.